The molecule has 2 heteroatoms. The van der Waals surface area contributed by atoms with Gasteiger partial charge >= 0.3 is 0 Å². The fourth-order valence-corrected chi connectivity index (χ4v) is 5.31. The Kier molecular flexibility index (Phi) is 7.03. The van der Waals surface area contributed by atoms with Crippen LogP contribution in [0.5, 0.6) is 0 Å². The normalized spacial score (nSPS) is 10.1. The maximum atomic E-state index is 3.38. The van der Waals surface area contributed by atoms with Crippen molar-refractivity contribution in [3.05, 3.63) is 129 Å². The van der Waals surface area contributed by atoms with Crippen LogP contribution in [0, 0.1) is 23.7 Å². The lowest BCUT2D eigenvalue weighted by Gasteiger charge is -2.04. The molecule has 34 heavy (non-hydrogen) atoms. The Bertz CT molecular complexity index is 1360. The van der Waals surface area contributed by atoms with Crippen LogP contribution in [0.2, 0.25) is 0 Å². The van der Waals surface area contributed by atoms with Crippen LogP contribution < -0.4 is 0 Å². The van der Waals surface area contributed by atoms with Crippen LogP contribution in [-0.2, 0) is 12.8 Å². The zero-order valence-electron chi connectivity index (χ0n) is 18.6. The van der Waals surface area contributed by atoms with Crippen molar-refractivity contribution in [2.75, 3.05) is 0 Å². The highest BCUT2D eigenvalue weighted by Crippen LogP contribution is 2.32. The van der Waals surface area contributed by atoms with Crippen LogP contribution in [0.25, 0.3) is 22.3 Å². The zero-order chi connectivity index (χ0) is 23.0. The Balaban J connectivity index is 1.32. The highest BCUT2D eigenvalue weighted by atomic mass is 32.1. The molecule has 5 aromatic rings. The third-order valence-electron chi connectivity index (χ3n) is 5.51. The van der Waals surface area contributed by atoms with E-state index in [1.807, 2.05) is 12.1 Å². The molecule has 5 rings (SSSR count). The summed E-state index contributed by atoms with van der Waals surface area (Å²) in [6, 6.07) is 33.9. The fraction of sp³-hybridized carbons (Fsp3) is 0.0625. The summed E-state index contributed by atoms with van der Waals surface area (Å²) in [6.45, 7) is 0. The van der Waals surface area contributed by atoms with E-state index in [1.54, 1.807) is 22.7 Å². The second-order valence-corrected chi connectivity index (χ2v) is 9.66. The van der Waals surface area contributed by atoms with Crippen LogP contribution in [0.4, 0.5) is 0 Å². The van der Waals surface area contributed by atoms with Crippen molar-refractivity contribution in [1.29, 1.82) is 0 Å². The molecule has 0 fully saturated rings. The summed E-state index contributed by atoms with van der Waals surface area (Å²) in [5.74, 6) is 13.4. The summed E-state index contributed by atoms with van der Waals surface area (Å²) in [6.07, 6.45) is 1.53. The molecule has 0 aliphatic heterocycles. The molecule has 0 radical (unpaired) electrons. The highest BCUT2D eigenvalue weighted by Gasteiger charge is 2.08. The van der Waals surface area contributed by atoms with Crippen molar-refractivity contribution in [2.45, 2.75) is 12.8 Å². The Hall–Kier alpha value is -3.82. The van der Waals surface area contributed by atoms with Gasteiger partial charge < -0.3 is 0 Å². The SMILES string of the molecule is C(#Cc1sccc1-c1ccc(-c2ccsc2C#CCc2ccccc2)cc1)Cc1ccccc1. The molecule has 0 N–H and O–H groups in total. The van der Waals surface area contributed by atoms with Gasteiger partial charge in [0.05, 0.1) is 9.75 Å². The van der Waals surface area contributed by atoms with Gasteiger partial charge in [-0.3, -0.25) is 0 Å². The summed E-state index contributed by atoms with van der Waals surface area (Å²) in [4.78, 5) is 2.23. The number of thiophene rings is 2. The van der Waals surface area contributed by atoms with E-state index < -0.39 is 0 Å². The molecular weight excluding hydrogens is 448 g/mol. The van der Waals surface area contributed by atoms with Crippen molar-refractivity contribution >= 4 is 22.7 Å². The molecule has 0 bridgehead atoms. The molecule has 0 amide bonds. The molecule has 0 saturated carbocycles. The van der Waals surface area contributed by atoms with Crippen LogP contribution in [0.15, 0.2) is 108 Å². The summed E-state index contributed by atoms with van der Waals surface area (Å²) in [7, 11) is 0. The molecule has 0 saturated heterocycles. The van der Waals surface area contributed by atoms with Gasteiger partial charge in [0.2, 0.25) is 0 Å². The van der Waals surface area contributed by atoms with E-state index in [4.69, 9.17) is 0 Å². The molecule has 0 nitrogen and oxygen atoms in total. The maximum Gasteiger partial charge on any atom is 0.0846 e. The van der Waals surface area contributed by atoms with Gasteiger partial charge in [0.15, 0.2) is 0 Å². The Morgan fingerprint density at radius 2 is 0.882 bits per heavy atom. The first-order valence-corrected chi connectivity index (χ1v) is 12.9. The number of hydrogen-bond donors (Lipinski definition) is 0. The second-order valence-electron chi connectivity index (χ2n) is 7.83. The highest BCUT2D eigenvalue weighted by molar-refractivity contribution is 7.11. The lowest BCUT2D eigenvalue weighted by molar-refractivity contribution is 1.32. The average Bonchev–Trinajstić information content (AvgIpc) is 3.55. The predicted molar refractivity (Wildman–Crippen MR) is 147 cm³/mol. The van der Waals surface area contributed by atoms with Crippen molar-refractivity contribution < 1.29 is 0 Å². The third kappa shape index (κ3) is 5.38. The Labute approximate surface area is 209 Å². The van der Waals surface area contributed by atoms with E-state index >= 15 is 0 Å². The molecule has 3 aromatic carbocycles. The molecule has 162 valence electrons. The third-order valence-corrected chi connectivity index (χ3v) is 7.17. The van der Waals surface area contributed by atoms with Crippen molar-refractivity contribution in [2.24, 2.45) is 0 Å². The minimum Gasteiger partial charge on any atom is -0.135 e. The minimum absolute atomic E-state index is 0.767. The molecule has 0 aliphatic carbocycles. The first-order valence-electron chi connectivity index (χ1n) is 11.2. The van der Waals surface area contributed by atoms with Gasteiger partial charge in [-0.2, -0.15) is 0 Å². The summed E-state index contributed by atoms with van der Waals surface area (Å²) in [5.41, 5.74) is 7.28. The predicted octanol–water partition coefficient (Wildman–Crippen LogP) is 8.33. The van der Waals surface area contributed by atoms with Crippen molar-refractivity contribution in [3.63, 3.8) is 0 Å². The molecule has 0 spiro atoms. The largest absolute Gasteiger partial charge is 0.135 e. The molecular formula is C32H22S2. The van der Waals surface area contributed by atoms with E-state index in [-0.39, 0.29) is 0 Å². The van der Waals surface area contributed by atoms with Gasteiger partial charge in [0.1, 0.15) is 0 Å². The number of benzene rings is 3. The van der Waals surface area contributed by atoms with E-state index in [0.29, 0.717) is 0 Å². The lowest BCUT2D eigenvalue weighted by atomic mass is 10.0. The smallest absolute Gasteiger partial charge is 0.0846 e. The van der Waals surface area contributed by atoms with Gasteiger partial charge in [0, 0.05) is 24.0 Å². The molecule has 0 unspecified atom stereocenters. The van der Waals surface area contributed by atoms with Crippen LogP contribution in [0.3, 0.4) is 0 Å². The van der Waals surface area contributed by atoms with Crippen LogP contribution in [0.1, 0.15) is 20.9 Å². The zero-order valence-corrected chi connectivity index (χ0v) is 20.3. The van der Waals surface area contributed by atoms with Crippen LogP contribution >= 0.6 is 22.7 Å². The monoisotopic (exact) mass is 470 g/mol. The fourth-order valence-electron chi connectivity index (χ4n) is 3.74. The average molecular weight is 471 g/mol. The van der Waals surface area contributed by atoms with E-state index in [9.17, 15) is 0 Å². The van der Waals surface area contributed by atoms with Gasteiger partial charge in [-0.25, -0.2) is 0 Å². The Morgan fingerprint density at radius 1 is 0.471 bits per heavy atom. The lowest BCUT2D eigenvalue weighted by Crippen LogP contribution is -1.83. The van der Waals surface area contributed by atoms with E-state index in [0.717, 1.165) is 22.6 Å². The maximum absolute atomic E-state index is 3.38. The summed E-state index contributed by atoms with van der Waals surface area (Å²) >= 11 is 3.40. The van der Waals surface area contributed by atoms with Gasteiger partial charge in [0.25, 0.3) is 0 Å². The standard InChI is InChI=1S/C32H22S2/c1-3-9-25(10-4-1)13-7-15-31-29(21-23-33-31)27-17-19-28(20-18-27)30-22-24-34-32(30)16-8-14-26-11-5-2-6-12-26/h1-6,9-12,17-24H,13-14H2. The first kappa shape index (κ1) is 22.0. The van der Waals surface area contributed by atoms with Gasteiger partial charge in [-0.05, 0) is 45.1 Å². The summed E-state index contributed by atoms with van der Waals surface area (Å²) in [5, 5.41) is 4.24. The molecule has 0 atom stereocenters. The van der Waals surface area contributed by atoms with Crippen molar-refractivity contribution in [1.82, 2.24) is 0 Å². The first-order chi connectivity index (χ1) is 16.9. The molecule has 2 aromatic heterocycles. The quantitative estimate of drug-likeness (QED) is 0.232. The number of hydrogen-bond acceptors (Lipinski definition) is 2. The number of rotatable bonds is 4. The second kappa shape index (κ2) is 10.9. The van der Waals surface area contributed by atoms with Crippen LogP contribution in [-0.4, -0.2) is 0 Å². The van der Waals surface area contributed by atoms with Crippen molar-refractivity contribution in [3.8, 4) is 45.9 Å². The summed E-state index contributed by atoms with van der Waals surface area (Å²) < 4.78 is 0. The Morgan fingerprint density at radius 3 is 1.29 bits per heavy atom. The van der Waals surface area contributed by atoms with E-state index in [2.05, 4.69) is 119 Å². The molecule has 2 heterocycles. The van der Waals surface area contributed by atoms with Gasteiger partial charge in [-0.1, -0.05) is 109 Å². The molecule has 0 aliphatic rings. The van der Waals surface area contributed by atoms with E-state index in [1.165, 1.54) is 33.4 Å². The minimum atomic E-state index is 0.767. The topological polar surface area (TPSA) is 0 Å². The van der Waals surface area contributed by atoms with Gasteiger partial charge in [-0.15, -0.1) is 22.7 Å².